The molecular weight excluding hydrogens is 338 g/mol. The van der Waals surface area contributed by atoms with Gasteiger partial charge in [-0.1, -0.05) is 0 Å². The van der Waals surface area contributed by atoms with E-state index >= 15 is 0 Å². The van der Waals surface area contributed by atoms with Gasteiger partial charge in [0, 0.05) is 38.2 Å². The van der Waals surface area contributed by atoms with Gasteiger partial charge in [-0.2, -0.15) is 0 Å². The van der Waals surface area contributed by atoms with Crippen molar-refractivity contribution >= 4 is 21.8 Å². The molecule has 2 aromatic heterocycles. The Hall–Kier alpha value is -1.89. The van der Waals surface area contributed by atoms with Crippen LogP contribution in [0.3, 0.4) is 0 Å². The van der Waals surface area contributed by atoms with E-state index in [1.54, 1.807) is 29.3 Å². The number of carbonyl (C=O) groups is 1. The summed E-state index contributed by atoms with van der Waals surface area (Å²) in [5.74, 6) is 0.850. The molecular formula is C14H14BrN3O3. The molecule has 1 aliphatic heterocycles. The van der Waals surface area contributed by atoms with Crippen molar-refractivity contribution in [1.29, 1.82) is 0 Å². The van der Waals surface area contributed by atoms with Crippen molar-refractivity contribution in [2.45, 2.75) is 18.9 Å². The van der Waals surface area contributed by atoms with Crippen molar-refractivity contribution < 1.29 is 13.9 Å². The number of carbonyl (C=O) groups excluding carboxylic acids is 1. The van der Waals surface area contributed by atoms with Gasteiger partial charge in [0.05, 0.1) is 0 Å². The number of ether oxygens (including phenoxy) is 1. The average Bonchev–Trinajstić information content (AvgIpc) is 2.95. The summed E-state index contributed by atoms with van der Waals surface area (Å²) in [6, 6.07) is 5.13. The minimum Gasteiger partial charge on any atom is -0.474 e. The number of aromatic nitrogens is 2. The summed E-state index contributed by atoms with van der Waals surface area (Å²) in [6.07, 6.45) is 4.74. The SMILES string of the molecule is O=C(c1ccc(Br)o1)N1CCC(Oc2ccncn2)CC1. The van der Waals surface area contributed by atoms with E-state index in [9.17, 15) is 4.79 Å². The lowest BCUT2D eigenvalue weighted by Crippen LogP contribution is -2.41. The summed E-state index contributed by atoms with van der Waals surface area (Å²) in [5, 5.41) is 0. The third-order valence-corrected chi connectivity index (χ3v) is 3.78. The fourth-order valence-corrected chi connectivity index (χ4v) is 2.59. The Bertz CT molecular complexity index is 609. The number of piperidine rings is 1. The monoisotopic (exact) mass is 351 g/mol. The van der Waals surface area contributed by atoms with E-state index in [-0.39, 0.29) is 12.0 Å². The number of likely N-dealkylation sites (tertiary alicyclic amines) is 1. The van der Waals surface area contributed by atoms with E-state index in [0.29, 0.717) is 29.4 Å². The van der Waals surface area contributed by atoms with Crippen molar-refractivity contribution in [3.8, 4) is 5.88 Å². The van der Waals surface area contributed by atoms with Crippen LogP contribution in [0.5, 0.6) is 5.88 Å². The smallest absolute Gasteiger partial charge is 0.289 e. The Morgan fingerprint density at radius 2 is 2.14 bits per heavy atom. The molecule has 2 aromatic rings. The molecule has 0 bridgehead atoms. The summed E-state index contributed by atoms with van der Waals surface area (Å²) < 4.78 is 11.6. The third kappa shape index (κ3) is 3.41. The lowest BCUT2D eigenvalue weighted by Gasteiger charge is -2.31. The Balaban J connectivity index is 1.54. The summed E-state index contributed by atoms with van der Waals surface area (Å²) in [7, 11) is 0. The number of nitrogens with zero attached hydrogens (tertiary/aromatic N) is 3. The van der Waals surface area contributed by atoms with Crippen molar-refractivity contribution in [2.75, 3.05) is 13.1 Å². The Kier molecular flexibility index (Phi) is 4.19. The van der Waals surface area contributed by atoms with Crippen LogP contribution in [0.25, 0.3) is 0 Å². The van der Waals surface area contributed by atoms with Gasteiger partial charge in [0.2, 0.25) is 5.88 Å². The summed E-state index contributed by atoms with van der Waals surface area (Å²) in [6.45, 7) is 1.29. The quantitative estimate of drug-likeness (QED) is 0.849. The van der Waals surface area contributed by atoms with Crippen LogP contribution < -0.4 is 4.74 Å². The van der Waals surface area contributed by atoms with Gasteiger partial charge in [-0.25, -0.2) is 9.97 Å². The highest BCUT2D eigenvalue weighted by molar-refractivity contribution is 9.10. The second-order valence-corrected chi connectivity index (χ2v) is 5.54. The van der Waals surface area contributed by atoms with Crippen LogP contribution in [-0.4, -0.2) is 40.0 Å². The number of hydrogen-bond donors (Lipinski definition) is 0. The van der Waals surface area contributed by atoms with E-state index in [1.807, 2.05) is 0 Å². The van der Waals surface area contributed by atoms with Crippen LogP contribution in [-0.2, 0) is 0 Å². The highest BCUT2D eigenvalue weighted by Crippen LogP contribution is 2.20. The van der Waals surface area contributed by atoms with Gasteiger partial charge in [0.1, 0.15) is 12.4 Å². The first-order chi connectivity index (χ1) is 10.2. The van der Waals surface area contributed by atoms with Gasteiger partial charge in [-0.15, -0.1) is 0 Å². The molecule has 0 radical (unpaired) electrons. The van der Waals surface area contributed by atoms with Crippen molar-refractivity contribution in [1.82, 2.24) is 14.9 Å². The highest BCUT2D eigenvalue weighted by Gasteiger charge is 2.26. The fraction of sp³-hybridized carbons (Fsp3) is 0.357. The second kappa shape index (κ2) is 6.26. The topological polar surface area (TPSA) is 68.5 Å². The molecule has 1 fully saturated rings. The van der Waals surface area contributed by atoms with Crippen molar-refractivity contribution in [2.24, 2.45) is 0 Å². The van der Waals surface area contributed by atoms with Crippen LogP contribution >= 0.6 is 15.9 Å². The van der Waals surface area contributed by atoms with E-state index in [0.717, 1.165) is 12.8 Å². The maximum absolute atomic E-state index is 12.2. The maximum Gasteiger partial charge on any atom is 0.289 e. The van der Waals surface area contributed by atoms with Gasteiger partial charge >= 0.3 is 0 Å². The zero-order chi connectivity index (χ0) is 14.7. The number of rotatable bonds is 3. The molecule has 0 aliphatic carbocycles. The summed E-state index contributed by atoms with van der Waals surface area (Å²) in [4.78, 5) is 21.9. The van der Waals surface area contributed by atoms with Gasteiger partial charge in [0.25, 0.3) is 5.91 Å². The number of halogens is 1. The fourth-order valence-electron chi connectivity index (χ4n) is 2.28. The molecule has 110 valence electrons. The molecule has 1 saturated heterocycles. The zero-order valence-electron chi connectivity index (χ0n) is 11.2. The molecule has 7 heteroatoms. The van der Waals surface area contributed by atoms with E-state index in [1.165, 1.54) is 6.33 Å². The molecule has 6 nitrogen and oxygen atoms in total. The van der Waals surface area contributed by atoms with E-state index < -0.39 is 0 Å². The van der Waals surface area contributed by atoms with Gasteiger partial charge < -0.3 is 14.1 Å². The normalized spacial score (nSPS) is 16.0. The van der Waals surface area contributed by atoms with Gasteiger partial charge in [0.15, 0.2) is 10.4 Å². The van der Waals surface area contributed by atoms with Crippen molar-refractivity contribution in [3.05, 3.63) is 41.2 Å². The van der Waals surface area contributed by atoms with Crippen LogP contribution in [0, 0.1) is 0 Å². The minimum atomic E-state index is -0.0822. The molecule has 1 amide bonds. The molecule has 0 N–H and O–H groups in total. The first kappa shape index (κ1) is 14.1. The lowest BCUT2D eigenvalue weighted by molar-refractivity contribution is 0.0558. The van der Waals surface area contributed by atoms with Crippen LogP contribution in [0.1, 0.15) is 23.4 Å². The van der Waals surface area contributed by atoms with E-state index in [2.05, 4.69) is 25.9 Å². The standard InChI is InChI=1S/C14H14BrN3O3/c15-12-2-1-11(21-12)14(19)18-7-4-10(5-8-18)20-13-3-6-16-9-17-13/h1-3,6,9-10H,4-5,7-8H2. The predicted octanol–water partition coefficient (Wildman–Crippen LogP) is 2.52. The number of amides is 1. The summed E-state index contributed by atoms with van der Waals surface area (Å²) in [5.41, 5.74) is 0. The molecule has 0 unspecified atom stereocenters. The molecule has 1 aliphatic rings. The van der Waals surface area contributed by atoms with Crippen LogP contribution in [0.15, 0.2) is 39.8 Å². The molecule has 21 heavy (non-hydrogen) atoms. The van der Waals surface area contributed by atoms with Crippen LogP contribution in [0.4, 0.5) is 0 Å². The molecule has 3 heterocycles. The second-order valence-electron chi connectivity index (χ2n) is 4.76. The third-order valence-electron chi connectivity index (χ3n) is 3.36. The predicted molar refractivity (Wildman–Crippen MR) is 78.0 cm³/mol. The molecule has 3 rings (SSSR count). The summed E-state index contributed by atoms with van der Waals surface area (Å²) >= 11 is 3.20. The number of hydrogen-bond acceptors (Lipinski definition) is 5. The lowest BCUT2D eigenvalue weighted by atomic mass is 10.1. The first-order valence-corrected chi connectivity index (χ1v) is 7.49. The van der Waals surface area contributed by atoms with Gasteiger partial charge in [-0.3, -0.25) is 4.79 Å². The maximum atomic E-state index is 12.2. The average molecular weight is 352 g/mol. The first-order valence-electron chi connectivity index (χ1n) is 6.69. The number of furan rings is 1. The zero-order valence-corrected chi connectivity index (χ0v) is 12.8. The molecule has 0 aromatic carbocycles. The molecule has 0 spiro atoms. The van der Waals surface area contributed by atoms with E-state index in [4.69, 9.17) is 9.15 Å². The Morgan fingerprint density at radius 1 is 1.33 bits per heavy atom. The largest absolute Gasteiger partial charge is 0.474 e. The minimum absolute atomic E-state index is 0.0762. The molecule has 0 atom stereocenters. The highest BCUT2D eigenvalue weighted by atomic mass is 79.9. The molecule has 0 saturated carbocycles. The Labute approximate surface area is 130 Å². The van der Waals surface area contributed by atoms with Crippen molar-refractivity contribution in [3.63, 3.8) is 0 Å². The van der Waals surface area contributed by atoms with Crippen LogP contribution in [0.2, 0.25) is 0 Å². The van der Waals surface area contributed by atoms with Gasteiger partial charge in [-0.05, 0) is 28.1 Å². The Morgan fingerprint density at radius 3 is 2.76 bits per heavy atom.